The lowest BCUT2D eigenvalue weighted by Gasteiger charge is -2.05. The molecule has 0 spiro atoms. The Kier molecular flexibility index (Phi) is 2.19. The van der Waals surface area contributed by atoms with Crippen molar-refractivity contribution in [2.75, 3.05) is 5.32 Å². The summed E-state index contributed by atoms with van der Waals surface area (Å²) in [5.41, 5.74) is 2.57. The number of benzene rings is 1. The topological polar surface area (TPSA) is 52.9 Å². The summed E-state index contributed by atoms with van der Waals surface area (Å²) < 4.78 is 0. The largest absolute Gasteiger partial charge is 0.326 e. The minimum atomic E-state index is 0.0634. The summed E-state index contributed by atoms with van der Waals surface area (Å²) in [7, 11) is 0. The molecule has 0 saturated carbocycles. The third-order valence-electron chi connectivity index (χ3n) is 2.36. The predicted octanol–water partition coefficient (Wildman–Crippen LogP) is 1.83. The Morgan fingerprint density at radius 3 is 3.00 bits per heavy atom. The number of nitrogens with zero attached hydrogens (tertiary/aromatic N) is 1. The first-order valence-electron chi connectivity index (χ1n) is 4.62. The molecule has 0 bridgehead atoms. The standard InChI is InChI=1S/C11H10N2O/c12-7-8-4-5-10-9(6-8)2-1-3-11(14)13-10/h4-6H,1-3H2,(H,13,14). The van der Waals surface area contributed by atoms with Crippen LogP contribution in [0, 0.1) is 11.3 Å². The number of rotatable bonds is 0. The fourth-order valence-corrected chi connectivity index (χ4v) is 1.64. The first-order valence-corrected chi connectivity index (χ1v) is 4.62. The first-order chi connectivity index (χ1) is 6.79. The Hall–Kier alpha value is -1.82. The van der Waals surface area contributed by atoms with Gasteiger partial charge in [0.25, 0.3) is 0 Å². The summed E-state index contributed by atoms with van der Waals surface area (Å²) in [5, 5.41) is 11.5. The van der Waals surface area contributed by atoms with Crippen LogP contribution in [0.25, 0.3) is 0 Å². The van der Waals surface area contributed by atoms with Gasteiger partial charge in [-0.1, -0.05) is 0 Å². The van der Waals surface area contributed by atoms with Crippen LogP contribution in [0.15, 0.2) is 18.2 Å². The molecule has 0 aliphatic carbocycles. The molecule has 0 saturated heterocycles. The number of anilines is 1. The lowest BCUT2D eigenvalue weighted by Crippen LogP contribution is -2.09. The number of amides is 1. The van der Waals surface area contributed by atoms with Gasteiger partial charge in [0.05, 0.1) is 11.6 Å². The molecule has 1 heterocycles. The van der Waals surface area contributed by atoms with Gasteiger partial charge in [0, 0.05) is 12.1 Å². The molecule has 14 heavy (non-hydrogen) atoms. The minimum absolute atomic E-state index is 0.0634. The zero-order valence-electron chi connectivity index (χ0n) is 7.71. The number of nitriles is 1. The van der Waals surface area contributed by atoms with Crippen LogP contribution in [-0.4, -0.2) is 5.91 Å². The van der Waals surface area contributed by atoms with Crippen molar-refractivity contribution in [2.45, 2.75) is 19.3 Å². The summed E-state index contributed by atoms with van der Waals surface area (Å²) in [4.78, 5) is 11.2. The van der Waals surface area contributed by atoms with Crippen LogP contribution < -0.4 is 5.32 Å². The molecule has 3 nitrogen and oxygen atoms in total. The summed E-state index contributed by atoms with van der Waals surface area (Å²) in [6.07, 6.45) is 2.29. The number of hydrogen-bond donors (Lipinski definition) is 1. The van der Waals surface area contributed by atoms with Gasteiger partial charge in [0.15, 0.2) is 0 Å². The highest BCUT2D eigenvalue weighted by atomic mass is 16.1. The van der Waals surface area contributed by atoms with Crippen LogP contribution in [0.4, 0.5) is 5.69 Å². The highest BCUT2D eigenvalue weighted by molar-refractivity contribution is 5.92. The third kappa shape index (κ3) is 1.60. The molecule has 1 aliphatic rings. The first kappa shape index (κ1) is 8.76. The smallest absolute Gasteiger partial charge is 0.224 e. The fraction of sp³-hybridized carbons (Fsp3) is 0.273. The second-order valence-corrected chi connectivity index (χ2v) is 3.39. The maximum Gasteiger partial charge on any atom is 0.224 e. The Labute approximate surface area is 82.4 Å². The molecule has 0 unspecified atom stereocenters. The molecule has 70 valence electrons. The molecule has 0 fully saturated rings. The zero-order valence-corrected chi connectivity index (χ0v) is 7.71. The number of aryl methyl sites for hydroxylation is 1. The average Bonchev–Trinajstić information content (AvgIpc) is 2.37. The van der Waals surface area contributed by atoms with Gasteiger partial charge in [0.2, 0.25) is 5.91 Å². The summed E-state index contributed by atoms with van der Waals surface area (Å²) in [6, 6.07) is 7.47. The molecule has 0 atom stereocenters. The molecule has 1 aliphatic heterocycles. The molecule has 3 heteroatoms. The maximum atomic E-state index is 11.2. The van der Waals surface area contributed by atoms with Crippen LogP contribution >= 0.6 is 0 Å². The van der Waals surface area contributed by atoms with E-state index in [1.807, 2.05) is 6.07 Å². The van der Waals surface area contributed by atoms with Crippen molar-refractivity contribution in [2.24, 2.45) is 0 Å². The summed E-state index contributed by atoms with van der Waals surface area (Å²) in [5.74, 6) is 0.0634. The van der Waals surface area contributed by atoms with E-state index in [1.54, 1.807) is 12.1 Å². The quantitative estimate of drug-likeness (QED) is 0.672. The summed E-state index contributed by atoms with van der Waals surface area (Å²) >= 11 is 0. The minimum Gasteiger partial charge on any atom is -0.326 e. The van der Waals surface area contributed by atoms with E-state index in [0.29, 0.717) is 12.0 Å². The van der Waals surface area contributed by atoms with E-state index in [-0.39, 0.29) is 5.91 Å². The number of fused-ring (bicyclic) bond motifs is 1. The van der Waals surface area contributed by atoms with Crippen LogP contribution in [0.2, 0.25) is 0 Å². The number of hydrogen-bond acceptors (Lipinski definition) is 2. The monoisotopic (exact) mass is 186 g/mol. The Balaban J connectivity index is 2.41. The van der Waals surface area contributed by atoms with Crippen molar-refractivity contribution >= 4 is 11.6 Å². The molecule has 1 N–H and O–H groups in total. The van der Waals surface area contributed by atoms with E-state index in [1.165, 1.54) is 0 Å². The van der Waals surface area contributed by atoms with Crippen LogP contribution in [-0.2, 0) is 11.2 Å². The lowest BCUT2D eigenvalue weighted by molar-refractivity contribution is -0.116. The van der Waals surface area contributed by atoms with Gasteiger partial charge in [-0.3, -0.25) is 4.79 Å². The van der Waals surface area contributed by atoms with E-state index in [2.05, 4.69) is 11.4 Å². The molecule has 0 aromatic heterocycles. The van der Waals surface area contributed by atoms with Crippen molar-refractivity contribution in [3.05, 3.63) is 29.3 Å². The van der Waals surface area contributed by atoms with Gasteiger partial charge >= 0.3 is 0 Å². The van der Waals surface area contributed by atoms with E-state index in [0.717, 1.165) is 24.1 Å². The highest BCUT2D eigenvalue weighted by Crippen LogP contribution is 2.22. The molecular formula is C11H10N2O. The molecule has 1 amide bonds. The van der Waals surface area contributed by atoms with Gasteiger partial charge in [-0.15, -0.1) is 0 Å². The molecule has 2 rings (SSSR count). The third-order valence-corrected chi connectivity index (χ3v) is 2.36. The van der Waals surface area contributed by atoms with Gasteiger partial charge in [-0.2, -0.15) is 5.26 Å². The van der Waals surface area contributed by atoms with E-state index in [4.69, 9.17) is 5.26 Å². The maximum absolute atomic E-state index is 11.2. The number of carbonyl (C=O) groups excluding carboxylic acids is 1. The fourth-order valence-electron chi connectivity index (χ4n) is 1.64. The number of nitrogens with one attached hydrogen (secondary N) is 1. The van der Waals surface area contributed by atoms with Gasteiger partial charge in [-0.25, -0.2) is 0 Å². The SMILES string of the molecule is N#Cc1ccc2c(c1)CCCC(=O)N2. The molecule has 1 aromatic rings. The van der Waals surface area contributed by atoms with Crippen LogP contribution in [0.5, 0.6) is 0 Å². The molecule has 0 radical (unpaired) electrons. The second-order valence-electron chi connectivity index (χ2n) is 3.39. The van der Waals surface area contributed by atoms with Crippen LogP contribution in [0.3, 0.4) is 0 Å². The molecular weight excluding hydrogens is 176 g/mol. The second kappa shape index (κ2) is 3.51. The van der Waals surface area contributed by atoms with Crippen molar-refractivity contribution in [3.8, 4) is 6.07 Å². The van der Waals surface area contributed by atoms with Gasteiger partial charge in [-0.05, 0) is 36.6 Å². The Morgan fingerprint density at radius 2 is 2.21 bits per heavy atom. The van der Waals surface area contributed by atoms with Crippen molar-refractivity contribution in [1.29, 1.82) is 5.26 Å². The lowest BCUT2D eigenvalue weighted by atomic mass is 10.1. The van der Waals surface area contributed by atoms with Crippen molar-refractivity contribution < 1.29 is 4.79 Å². The Bertz CT molecular complexity index is 418. The average molecular weight is 186 g/mol. The van der Waals surface area contributed by atoms with Crippen LogP contribution in [0.1, 0.15) is 24.0 Å². The van der Waals surface area contributed by atoms with Crippen molar-refractivity contribution in [3.63, 3.8) is 0 Å². The van der Waals surface area contributed by atoms with Gasteiger partial charge < -0.3 is 5.32 Å². The van der Waals surface area contributed by atoms with Gasteiger partial charge in [0.1, 0.15) is 0 Å². The van der Waals surface area contributed by atoms with Crippen molar-refractivity contribution in [1.82, 2.24) is 0 Å². The predicted molar refractivity (Wildman–Crippen MR) is 52.7 cm³/mol. The Morgan fingerprint density at radius 1 is 1.36 bits per heavy atom. The normalized spacial score (nSPS) is 14.9. The summed E-state index contributed by atoms with van der Waals surface area (Å²) in [6.45, 7) is 0. The van der Waals surface area contributed by atoms with E-state index < -0.39 is 0 Å². The zero-order chi connectivity index (χ0) is 9.97. The van der Waals surface area contributed by atoms with E-state index in [9.17, 15) is 4.79 Å². The van der Waals surface area contributed by atoms with E-state index >= 15 is 0 Å². The number of carbonyl (C=O) groups is 1. The highest BCUT2D eigenvalue weighted by Gasteiger charge is 2.12. The molecule has 1 aromatic carbocycles.